The van der Waals surface area contributed by atoms with Crippen molar-refractivity contribution in [2.75, 3.05) is 26.1 Å². The Balaban J connectivity index is 2.63. The molecule has 1 atom stereocenters. The second-order valence-corrected chi connectivity index (χ2v) is 4.18. The first-order valence-electron chi connectivity index (χ1n) is 5.97. The van der Waals surface area contributed by atoms with E-state index in [1.54, 1.807) is 18.2 Å². The van der Waals surface area contributed by atoms with Crippen molar-refractivity contribution in [2.45, 2.75) is 6.92 Å². The molecule has 7 nitrogen and oxygen atoms in total. The van der Waals surface area contributed by atoms with Crippen molar-refractivity contribution in [3.63, 3.8) is 0 Å². The summed E-state index contributed by atoms with van der Waals surface area (Å²) in [6.07, 6.45) is 0. The minimum Gasteiger partial charge on any atom is -0.497 e. The molecule has 3 N–H and O–H groups in total. The number of urea groups is 1. The number of carbonyl (C=O) groups is 2. The highest BCUT2D eigenvalue weighted by Gasteiger charge is 2.12. The maximum atomic E-state index is 11.6. The van der Waals surface area contributed by atoms with Crippen molar-refractivity contribution in [2.24, 2.45) is 5.92 Å². The zero-order chi connectivity index (χ0) is 15.1. The van der Waals surface area contributed by atoms with Gasteiger partial charge < -0.3 is 25.2 Å². The third-order valence-electron chi connectivity index (χ3n) is 2.60. The fourth-order valence-electron chi connectivity index (χ4n) is 1.39. The summed E-state index contributed by atoms with van der Waals surface area (Å²) in [5.74, 6) is -0.536. The SMILES string of the molecule is COc1cc(NC(=O)NCC(C)C(=O)O)cc(OC)c1. The summed E-state index contributed by atoms with van der Waals surface area (Å²) in [5.41, 5.74) is 0.488. The van der Waals surface area contributed by atoms with Crippen molar-refractivity contribution in [3.05, 3.63) is 18.2 Å². The van der Waals surface area contributed by atoms with Crippen molar-refractivity contribution in [1.82, 2.24) is 5.32 Å². The first kappa shape index (κ1) is 15.6. The zero-order valence-electron chi connectivity index (χ0n) is 11.6. The molecule has 7 heteroatoms. The minimum absolute atomic E-state index is 0.0439. The Morgan fingerprint density at radius 2 is 1.75 bits per heavy atom. The molecule has 0 saturated carbocycles. The van der Waals surface area contributed by atoms with Gasteiger partial charge in [-0.05, 0) is 0 Å². The second-order valence-electron chi connectivity index (χ2n) is 4.18. The van der Waals surface area contributed by atoms with Crippen LogP contribution in [0.2, 0.25) is 0 Å². The number of methoxy groups -OCH3 is 2. The minimum atomic E-state index is -0.964. The quantitative estimate of drug-likeness (QED) is 0.735. The van der Waals surface area contributed by atoms with Crippen LogP contribution in [0.5, 0.6) is 11.5 Å². The van der Waals surface area contributed by atoms with Gasteiger partial charge in [0.25, 0.3) is 0 Å². The Labute approximate surface area is 116 Å². The van der Waals surface area contributed by atoms with E-state index in [0.29, 0.717) is 17.2 Å². The van der Waals surface area contributed by atoms with Gasteiger partial charge in [-0.15, -0.1) is 0 Å². The molecule has 0 spiro atoms. The topological polar surface area (TPSA) is 96.9 Å². The van der Waals surface area contributed by atoms with E-state index in [2.05, 4.69) is 10.6 Å². The van der Waals surface area contributed by atoms with Crippen LogP contribution in [0.15, 0.2) is 18.2 Å². The van der Waals surface area contributed by atoms with Gasteiger partial charge in [-0.1, -0.05) is 6.92 Å². The number of nitrogens with one attached hydrogen (secondary N) is 2. The molecule has 0 fully saturated rings. The summed E-state index contributed by atoms with van der Waals surface area (Å²) in [6.45, 7) is 1.56. The van der Waals surface area contributed by atoms with Crippen LogP contribution in [0.25, 0.3) is 0 Å². The van der Waals surface area contributed by atoms with Gasteiger partial charge in [-0.25, -0.2) is 4.79 Å². The molecule has 0 aliphatic heterocycles. The molecule has 2 amide bonds. The van der Waals surface area contributed by atoms with Gasteiger partial charge in [-0.2, -0.15) is 0 Å². The summed E-state index contributed by atoms with van der Waals surface area (Å²) < 4.78 is 10.2. The van der Waals surface area contributed by atoms with Crippen LogP contribution in [0.4, 0.5) is 10.5 Å². The van der Waals surface area contributed by atoms with E-state index in [1.165, 1.54) is 21.1 Å². The third kappa shape index (κ3) is 4.68. The van der Waals surface area contributed by atoms with Crippen molar-refractivity contribution >= 4 is 17.7 Å². The normalized spacial score (nSPS) is 11.3. The van der Waals surface area contributed by atoms with E-state index in [1.807, 2.05) is 0 Å². The van der Waals surface area contributed by atoms with Crippen molar-refractivity contribution < 1.29 is 24.2 Å². The second kappa shape index (κ2) is 7.22. The molecule has 0 bridgehead atoms. The number of amides is 2. The number of anilines is 1. The lowest BCUT2D eigenvalue weighted by molar-refractivity contribution is -0.140. The fourth-order valence-corrected chi connectivity index (χ4v) is 1.39. The Morgan fingerprint density at radius 3 is 2.20 bits per heavy atom. The molecule has 110 valence electrons. The largest absolute Gasteiger partial charge is 0.497 e. The number of ether oxygens (including phenoxy) is 2. The highest BCUT2D eigenvalue weighted by Crippen LogP contribution is 2.25. The number of carbonyl (C=O) groups excluding carboxylic acids is 1. The van der Waals surface area contributed by atoms with Crippen LogP contribution in [-0.4, -0.2) is 37.9 Å². The van der Waals surface area contributed by atoms with Crippen LogP contribution in [0.1, 0.15) is 6.92 Å². The molecule has 0 aliphatic rings. The number of carboxylic acids is 1. The van der Waals surface area contributed by atoms with Gasteiger partial charge in [0, 0.05) is 30.4 Å². The van der Waals surface area contributed by atoms with E-state index in [0.717, 1.165) is 0 Å². The summed E-state index contributed by atoms with van der Waals surface area (Å²) in [6, 6.07) is 4.44. The van der Waals surface area contributed by atoms with Gasteiger partial charge in [0.2, 0.25) is 0 Å². The number of hydrogen-bond donors (Lipinski definition) is 3. The van der Waals surface area contributed by atoms with Crippen molar-refractivity contribution in [3.8, 4) is 11.5 Å². The van der Waals surface area contributed by atoms with Crippen LogP contribution < -0.4 is 20.1 Å². The average Bonchev–Trinajstić information content (AvgIpc) is 2.43. The fraction of sp³-hybridized carbons (Fsp3) is 0.385. The average molecular weight is 282 g/mol. The lowest BCUT2D eigenvalue weighted by atomic mass is 10.2. The molecular formula is C13H18N2O5. The first-order valence-corrected chi connectivity index (χ1v) is 5.97. The predicted octanol–water partition coefficient (Wildman–Crippen LogP) is 1.55. The lowest BCUT2D eigenvalue weighted by Gasteiger charge is -2.12. The molecule has 0 saturated heterocycles. The number of rotatable bonds is 6. The molecule has 0 aromatic heterocycles. The maximum absolute atomic E-state index is 11.6. The highest BCUT2D eigenvalue weighted by molar-refractivity contribution is 5.90. The molecule has 1 aromatic carbocycles. The van der Waals surface area contributed by atoms with Crippen LogP contribution in [-0.2, 0) is 4.79 Å². The highest BCUT2D eigenvalue weighted by atomic mass is 16.5. The van der Waals surface area contributed by atoms with Gasteiger partial charge in [0.1, 0.15) is 11.5 Å². The molecule has 0 radical (unpaired) electrons. The Bertz CT molecular complexity index is 467. The molecule has 20 heavy (non-hydrogen) atoms. The molecule has 0 aliphatic carbocycles. The van der Waals surface area contributed by atoms with Gasteiger partial charge in [-0.3, -0.25) is 4.79 Å². The predicted molar refractivity (Wildman–Crippen MR) is 73.4 cm³/mol. The number of aliphatic carboxylic acids is 1. The van der Waals surface area contributed by atoms with Crippen LogP contribution in [0.3, 0.4) is 0 Å². The zero-order valence-corrected chi connectivity index (χ0v) is 11.6. The molecule has 0 heterocycles. The van der Waals surface area contributed by atoms with Gasteiger partial charge >= 0.3 is 12.0 Å². The molecular weight excluding hydrogens is 264 g/mol. The van der Waals surface area contributed by atoms with Crippen LogP contribution in [0, 0.1) is 5.92 Å². The maximum Gasteiger partial charge on any atom is 0.319 e. The third-order valence-corrected chi connectivity index (χ3v) is 2.60. The van der Waals surface area contributed by atoms with Crippen molar-refractivity contribution in [1.29, 1.82) is 0 Å². The van der Waals surface area contributed by atoms with E-state index >= 15 is 0 Å². The first-order chi connectivity index (χ1) is 9.46. The van der Waals surface area contributed by atoms with E-state index in [9.17, 15) is 9.59 Å². The Morgan fingerprint density at radius 1 is 1.20 bits per heavy atom. The van der Waals surface area contributed by atoms with E-state index < -0.39 is 17.9 Å². The van der Waals surface area contributed by atoms with E-state index in [4.69, 9.17) is 14.6 Å². The molecule has 1 unspecified atom stereocenters. The smallest absolute Gasteiger partial charge is 0.319 e. The van der Waals surface area contributed by atoms with E-state index in [-0.39, 0.29) is 6.54 Å². The Kier molecular flexibility index (Phi) is 5.64. The summed E-state index contributed by atoms with van der Waals surface area (Å²) in [5, 5.41) is 13.8. The number of benzene rings is 1. The standard InChI is InChI=1S/C13H18N2O5/c1-8(12(16)17)7-14-13(18)15-9-4-10(19-2)6-11(5-9)20-3/h4-6,8H,7H2,1-3H3,(H,16,17)(H2,14,15,18). The Hall–Kier alpha value is -2.44. The lowest BCUT2D eigenvalue weighted by Crippen LogP contribution is -2.34. The monoisotopic (exact) mass is 282 g/mol. The number of carboxylic acid groups (broad SMARTS) is 1. The molecule has 1 aromatic rings. The van der Waals surface area contributed by atoms with Gasteiger partial charge in [0.15, 0.2) is 0 Å². The van der Waals surface area contributed by atoms with Gasteiger partial charge in [0.05, 0.1) is 20.1 Å². The summed E-state index contributed by atoms with van der Waals surface area (Å²) >= 11 is 0. The summed E-state index contributed by atoms with van der Waals surface area (Å²) in [4.78, 5) is 22.3. The summed E-state index contributed by atoms with van der Waals surface area (Å²) in [7, 11) is 3.01. The van der Waals surface area contributed by atoms with Crippen LogP contribution >= 0.6 is 0 Å². The molecule has 1 rings (SSSR count). The number of hydrogen-bond acceptors (Lipinski definition) is 4.